The highest BCUT2D eigenvalue weighted by molar-refractivity contribution is 7.89. The number of benzene rings is 1. The van der Waals surface area contributed by atoms with E-state index in [4.69, 9.17) is 13.9 Å². The van der Waals surface area contributed by atoms with E-state index >= 15 is 0 Å². The lowest BCUT2D eigenvalue weighted by Crippen LogP contribution is -2.46. The van der Waals surface area contributed by atoms with Gasteiger partial charge in [-0.15, -0.1) is 11.8 Å². The Morgan fingerprint density at radius 3 is 2.39 bits per heavy atom. The molecule has 0 unspecified atom stereocenters. The fraction of sp³-hybridized carbons (Fsp3) is 0.686. The molecule has 1 saturated heterocycles. The second-order valence-corrected chi connectivity index (χ2v) is 22.0. The van der Waals surface area contributed by atoms with E-state index in [2.05, 4.69) is 88.6 Å². The number of allylic oxidation sites excluding steroid dienone is 1. The van der Waals surface area contributed by atoms with Crippen molar-refractivity contribution in [2.24, 2.45) is 34.2 Å². The summed E-state index contributed by atoms with van der Waals surface area (Å²) < 4.78 is 46.1. The smallest absolute Gasteiger partial charge is 0.276 e. The maximum absolute atomic E-state index is 13.2. The lowest BCUT2D eigenvalue weighted by atomic mass is 9.89. The monoisotopic (exact) mass is 642 g/mol. The van der Waals surface area contributed by atoms with Crippen LogP contribution in [0.3, 0.4) is 0 Å². The number of hydrogen-bond donors (Lipinski definition) is 1. The molecule has 1 spiro atoms. The molecule has 1 aromatic rings. The van der Waals surface area contributed by atoms with Crippen LogP contribution in [0.15, 0.2) is 46.4 Å². The molecule has 0 radical (unpaired) electrons. The quantitative estimate of drug-likeness (QED) is 0.131. The molecule has 2 aliphatic carbocycles. The normalized spacial score (nSPS) is 27.2. The van der Waals surface area contributed by atoms with Gasteiger partial charge >= 0.3 is 0 Å². The second-order valence-electron chi connectivity index (χ2n) is 15.6. The van der Waals surface area contributed by atoms with Crippen LogP contribution in [0.1, 0.15) is 79.7 Å². The molecule has 0 aromatic heterocycles. The minimum absolute atomic E-state index is 0.00500. The van der Waals surface area contributed by atoms with Gasteiger partial charge in [0, 0.05) is 36.3 Å². The van der Waals surface area contributed by atoms with Crippen LogP contribution < -0.4 is 4.83 Å². The number of nitrogens with one attached hydrogen (secondary N) is 1. The van der Waals surface area contributed by atoms with Crippen molar-refractivity contribution in [1.29, 1.82) is 0 Å². The van der Waals surface area contributed by atoms with Crippen molar-refractivity contribution in [3.63, 3.8) is 0 Å². The van der Waals surface area contributed by atoms with Gasteiger partial charge in [0.2, 0.25) is 0 Å². The van der Waals surface area contributed by atoms with E-state index in [1.807, 2.05) is 13.8 Å². The molecule has 0 amide bonds. The molecule has 0 bridgehead atoms. The number of hydrazone groups is 1. The van der Waals surface area contributed by atoms with E-state index in [9.17, 15) is 8.42 Å². The van der Waals surface area contributed by atoms with Crippen molar-refractivity contribution >= 4 is 24.1 Å². The second kappa shape index (κ2) is 13.0. The fourth-order valence-corrected chi connectivity index (χ4v) is 8.34. The van der Waals surface area contributed by atoms with E-state index in [-0.39, 0.29) is 45.1 Å². The van der Waals surface area contributed by atoms with Crippen LogP contribution in [-0.2, 0) is 23.9 Å². The molecule has 3 fully saturated rings. The third-order valence-corrected chi connectivity index (χ3v) is 15.7. The number of ether oxygens (including phenoxy) is 2. The van der Waals surface area contributed by atoms with Crippen LogP contribution in [0, 0.1) is 47.9 Å². The molecular formula is C35H54N2O5SSi. The van der Waals surface area contributed by atoms with Crippen LogP contribution in [0.4, 0.5) is 0 Å². The third-order valence-electron chi connectivity index (χ3n) is 10.0. The van der Waals surface area contributed by atoms with Crippen LogP contribution in [0.2, 0.25) is 18.1 Å². The minimum atomic E-state index is -3.79. The van der Waals surface area contributed by atoms with Gasteiger partial charge < -0.3 is 13.9 Å². The molecule has 7 nitrogen and oxygen atoms in total. The van der Waals surface area contributed by atoms with Gasteiger partial charge in [0.25, 0.3) is 10.0 Å². The van der Waals surface area contributed by atoms with Crippen molar-refractivity contribution in [1.82, 2.24) is 4.83 Å². The summed E-state index contributed by atoms with van der Waals surface area (Å²) >= 11 is 0. The van der Waals surface area contributed by atoms with Crippen LogP contribution >= 0.6 is 0 Å². The summed E-state index contributed by atoms with van der Waals surface area (Å²) in [6.45, 7) is 23.0. The molecule has 2 saturated carbocycles. The predicted octanol–water partition coefficient (Wildman–Crippen LogP) is 7.44. The van der Waals surface area contributed by atoms with E-state index in [0.717, 1.165) is 30.5 Å². The van der Waals surface area contributed by atoms with Gasteiger partial charge in [0.05, 0.1) is 24.2 Å². The molecule has 44 heavy (non-hydrogen) atoms. The molecular weight excluding hydrogens is 589 g/mol. The average molecular weight is 643 g/mol. The van der Waals surface area contributed by atoms with Gasteiger partial charge in [-0.2, -0.15) is 13.5 Å². The maximum Gasteiger partial charge on any atom is 0.276 e. The summed E-state index contributed by atoms with van der Waals surface area (Å²) in [5.74, 6) is 6.37. The van der Waals surface area contributed by atoms with Gasteiger partial charge in [0.1, 0.15) is 0 Å². The Hall–Kier alpha value is -1.96. The molecule has 1 heterocycles. The van der Waals surface area contributed by atoms with Crippen molar-refractivity contribution in [2.45, 2.75) is 116 Å². The fourth-order valence-electron chi connectivity index (χ4n) is 6.16. The summed E-state index contributed by atoms with van der Waals surface area (Å²) in [6.07, 6.45) is 7.30. The van der Waals surface area contributed by atoms with Gasteiger partial charge in [0.15, 0.2) is 14.1 Å². The zero-order valence-electron chi connectivity index (χ0n) is 28.5. The molecule has 1 aromatic carbocycles. The molecule has 5 atom stereocenters. The highest BCUT2D eigenvalue weighted by Crippen LogP contribution is 2.54. The maximum atomic E-state index is 13.2. The SMILES string of the molecule is CC#CC[C@H](C)[C@@H](/C=C/[C@H]1/C(=N/NS(=O)(=O)c2ccc(C)cc2)C[C@@H]2CC3(C[C@@H]21)OCC(C)(C)CO3)O[Si](C)(C)C(C)(C)C. The molecule has 4 rings (SSSR count). The average Bonchev–Trinajstić information content (AvgIpc) is 3.44. The van der Waals surface area contributed by atoms with Crippen molar-refractivity contribution in [2.75, 3.05) is 13.2 Å². The highest BCUT2D eigenvalue weighted by Gasteiger charge is 2.56. The highest BCUT2D eigenvalue weighted by atomic mass is 32.2. The van der Waals surface area contributed by atoms with E-state index in [0.29, 0.717) is 19.6 Å². The first-order valence-corrected chi connectivity index (χ1v) is 20.4. The Bertz CT molecular complexity index is 1390. The minimum Gasteiger partial charge on any atom is -0.410 e. The van der Waals surface area contributed by atoms with Crippen molar-refractivity contribution in [3.05, 3.63) is 42.0 Å². The van der Waals surface area contributed by atoms with E-state index < -0.39 is 24.1 Å². The molecule has 1 aliphatic heterocycles. The lowest BCUT2D eigenvalue weighted by Gasteiger charge is -2.42. The Labute approximate surface area is 267 Å². The number of sulfonamides is 1. The largest absolute Gasteiger partial charge is 0.410 e. The van der Waals surface area contributed by atoms with Gasteiger partial charge in [-0.1, -0.05) is 71.4 Å². The number of nitrogens with zero attached hydrogens (tertiary/aromatic N) is 1. The van der Waals surface area contributed by atoms with Crippen molar-refractivity contribution < 1.29 is 22.3 Å². The zero-order valence-corrected chi connectivity index (χ0v) is 30.3. The molecule has 1 N–H and O–H groups in total. The summed E-state index contributed by atoms with van der Waals surface area (Å²) in [5.41, 5.74) is 1.85. The van der Waals surface area contributed by atoms with Crippen LogP contribution in [0.5, 0.6) is 0 Å². The Morgan fingerprint density at radius 1 is 1.16 bits per heavy atom. The summed E-state index contributed by atoms with van der Waals surface area (Å²) in [6, 6.07) is 6.82. The van der Waals surface area contributed by atoms with E-state index in [1.165, 1.54) is 0 Å². The zero-order chi connectivity index (χ0) is 32.6. The molecule has 244 valence electrons. The van der Waals surface area contributed by atoms with E-state index in [1.54, 1.807) is 24.3 Å². The lowest BCUT2D eigenvalue weighted by molar-refractivity contribution is -0.297. The first kappa shape index (κ1) is 34.9. The van der Waals surface area contributed by atoms with Crippen molar-refractivity contribution in [3.8, 4) is 11.8 Å². The van der Waals surface area contributed by atoms with Gasteiger partial charge in [-0.3, -0.25) is 0 Å². The van der Waals surface area contributed by atoms with Crippen LogP contribution in [0.25, 0.3) is 0 Å². The predicted molar refractivity (Wildman–Crippen MR) is 180 cm³/mol. The molecule has 9 heteroatoms. The number of rotatable bonds is 9. The van der Waals surface area contributed by atoms with Gasteiger partial charge in [-0.25, -0.2) is 4.83 Å². The van der Waals surface area contributed by atoms with Gasteiger partial charge in [-0.05, 0) is 68.3 Å². The Kier molecular flexibility index (Phi) is 10.3. The summed E-state index contributed by atoms with van der Waals surface area (Å²) in [4.78, 5) is 2.76. The number of aryl methyl sites for hydroxylation is 1. The Balaban J connectivity index is 1.64. The summed E-state index contributed by atoms with van der Waals surface area (Å²) in [5, 5.41) is 4.66. The third kappa shape index (κ3) is 8.05. The molecule has 3 aliphatic rings. The first-order chi connectivity index (χ1) is 20.4. The topological polar surface area (TPSA) is 86.2 Å². The number of hydrogen-bond acceptors (Lipinski definition) is 6. The summed E-state index contributed by atoms with van der Waals surface area (Å²) in [7, 11) is -5.87. The Morgan fingerprint density at radius 2 is 1.80 bits per heavy atom. The first-order valence-electron chi connectivity index (χ1n) is 16.1. The van der Waals surface area contributed by atoms with Crippen LogP contribution in [-0.4, -0.2) is 47.6 Å². The number of fused-ring (bicyclic) bond motifs is 1. The standard InChI is InChI=1S/C35H54N2O5SSi/c1-11-12-13-26(3)32(42-44(9,10)33(4,5)6)19-18-29-30-22-35(40-23-34(7,8)24-41-35)21-27(30)20-31(29)36-37-43(38,39)28-16-14-25(2)15-17-28/h14-19,26-27,29-30,32,37H,13,20-24H2,1-10H3/b19-18+,36-31+/t26-,27+,29+,30-,32+/m0/s1.